The van der Waals surface area contributed by atoms with E-state index in [0.717, 1.165) is 37.5 Å². The van der Waals surface area contributed by atoms with Crippen molar-refractivity contribution in [1.29, 1.82) is 0 Å². The lowest BCUT2D eigenvalue weighted by atomic mass is 10.1. The molecule has 7 nitrogen and oxygen atoms in total. The van der Waals surface area contributed by atoms with Crippen LogP contribution >= 0.6 is 0 Å². The van der Waals surface area contributed by atoms with Gasteiger partial charge >= 0.3 is 0 Å². The van der Waals surface area contributed by atoms with Crippen LogP contribution in [0.3, 0.4) is 0 Å². The normalized spacial score (nSPS) is 21.0. The van der Waals surface area contributed by atoms with E-state index in [9.17, 15) is 0 Å². The topological polar surface area (TPSA) is 69.2 Å². The Bertz CT molecular complexity index is 922. The Balaban J connectivity index is 1.44. The van der Waals surface area contributed by atoms with Crippen molar-refractivity contribution in [2.45, 2.75) is 65.3 Å². The smallest absolute Gasteiger partial charge is 0.240 e. The molecule has 28 heavy (non-hydrogen) atoms. The highest BCUT2D eigenvalue weighted by Gasteiger charge is 2.24. The first kappa shape index (κ1) is 19.1. The zero-order valence-corrected chi connectivity index (χ0v) is 17.1. The van der Waals surface area contributed by atoms with E-state index in [1.54, 1.807) is 0 Å². The lowest BCUT2D eigenvalue weighted by molar-refractivity contribution is -0.0725. The number of pyridine rings is 1. The van der Waals surface area contributed by atoms with Gasteiger partial charge in [0, 0.05) is 43.3 Å². The van der Waals surface area contributed by atoms with E-state index in [-0.39, 0.29) is 12.2 Å². The Hall–Kier alpha value is -2.25. The van der Waals surface area contributed by atoms with Crippen LogP contribution in [0.4, 0.5) is 0 Å². The van der Waals surface area contributed by atoms with Crippen molar-refractivity contribution in [3.63, 3.8) is 0 Å². The summed E-state index contributed by atoms with van der Waals surface area (Å²) in [4.78, 5) is 11.5. The van der Waals surface area contributed by atoms with Crippen LogP contribution in [0.1, 0.15) is 51.0 Å². The summed E-state index contributed by atoms with van der Waals surface area (Å²) in [5.41, 5.74) is 2.31. The van der Waals surface area contributed by atoms with E-state index in [4.69, 9.17) is 9.26 Å². The molecule has 1 aliphatic rings. The second-order valence-electron chi connectivity index (χ2n) is 8.10. The van der Waals surface area contributed by atoms with E-state index in [2.05, 4.69) is 64.4 Å². The predicted octanol–water partition coefficient (Wildman–Crippen LogP) is 3.39. The molecular formula is C21H29N5O2. The Morgan fingerprint density at radius 2 is 2.00 bits per heavy atom. The summed E-state index contributed by atoms with van der Waals surface area (Å²) in [7, 11) is 0. The molecule has 0 N–H and O–H groups in total. The molecule has 3 aromatic heterocycles. The monoisotopic (exact) mass is 383 g/mol. The third-order valence-electron chi connectivity index (χ3n) is 5.20. The Morgan fingerprint density at radius 3 is 2.75 bits per heavy atom. The Kier molecular flexibility index (Phi) is 5.46. The van der Waals surface area contributed by atoms with Crippen LogP contribution < -0.4 is 0 Å². The van der Waals surface area contributed by atoms with Gasteiger partial charge in [-0.2, -0.15) is 4.98 Å². The number of hydrogen-bond acceptors (Lipinski definition) is 6. The van der Waals surface area contributed by atoms with E-state index in [1.165, 1.54) is 11.1 Å². The molecule has 1 aliphatic heterocycles. The molecular weight excluding hydrogens is 354 g/mol. The van der Waals surface area contributed by atoms with Crippen LogP contribution in [-0.2, 0) is 24.2 Å². The molecule has 4 heterocycles. The molecule has 0 aliphatic carbocycles. The van der Waals surface area contributed by atoms with Crippen molar-refractivity contribution in [3.8, 4) is 0 Å². The largest absolute Gasteiger partial charge is 0.373 e. The average molecular weight is 383 g/mol. The van der Waals surface area contributed by atoms with Gasteiger partial charge in [-0.1, -0.05) is 19.0 Å². The fourth-order valence-electron chi connectivity index (χ4n) is 4.09. The Labute approximate surface area is 165 Å². The van der Waals surface area contributed by atoms with Crippen LogP contribution in [-0.4, -0.2) is 49.9 Å². The highest BCUT2D eigenvalue weighted by atomic mass is 16.5. The minimum atomic E-state index is 0.232. The fraction of sp³-hybridized carbons (Fsp3) is 0.571. The fourth-order valence-corrected chi connectivity index (χ4v) is 4.09. The number of rotatable bonds is 6. The van der Waals surface area contributed by atoms with Gasteiger partial charge in [0.25, 0.3) is 0 Å². The quantitative estimate of drug-likeness (QED) is 0.650. The van der Waals surface area contributed by atoms with Crippen molar-refractivity contribution in [2.24, 2.45) is 0 Å². The van der Waals surface area contributed by atoms with Crippen molar-refractivity contribution >= 4 is 11.0 Å². The van der Waals surface area contributed by atoms with Gasteiger partial charge in [-0.3, -0.25) is 4.90 Å². The SMILES string of the molecule is CC(C)c1cc2cccnc2n1CCc1noc(CN2C[C@@H](C)O[C@H](C)C2)n1. The van der Waals surface area contributed by atoms with Crippen LogP contribution in [0.5, 0.6) is 0 Å². The number of hydrogen-bond donors (Lipinski definition) is 0. The van der Waals surface area contributed by atoms with Gasteiger partial charge in [0.2, 0.25) is 5.89 Å². The van der Waals surface area contributed by atoms with Crippen LogP contribution in [0, 0.1) is 0 Å². The van der Waals surface area contributed by atoms with Crippen molar-refractivity contribution < 1.29 is 9.26 Å². The molecule has 0 aromatic carbocycles. The highest BCUT2D eigenvalue weighted by Crippen LogP contribution is 2.24. The second-order valence-corrected chi connectivity index (χ2v) is 8.10. The van der Waals surface area contributed by atoms with Crippen LogP contribution in [0.25, 0.3) is 11.0 Å². The summed E-state index contributed by atoms with van der Waals surface area (Å²) in [6, 6.07) is 6.33. The molecule has 2 atom stereocenters. The van der Waals surface area contributed by atoms with E-state index in [1.807, 2.05) is 12.3 Å². The molecule has 0 bridgehead atoms. The number of fused-ring (bicyclic) bond motifs is 1. The lowest BCUT2D eigenvalue weighted by Crippen LogP contribution is -2.44. The van der Waals surface area contributed by atoms with Crippen molar-refractivity contribution in [2.75, 3.05) is 13.1 Å². The molecule has 1 saturated heterocycles. The van der Waals surface area contributed by atoms with Gasteiger partial charge < -0.3 is 13.8 Å². The zero-order chi connectivity index (χ0) is 19.7. The number of ether oxygens (including phenoxy) is 1. The number of aromatic nitrogens is 4. The first-order valence-electron chi connectivity index (χ1n) is 10.1. The molecule has 4 rings (SSSR count). The third kappa shape index (κ3) is 4.10. The van der Waals surface area contributed by atoms with Gasteiger partial charge in [0.15, 0.2) is 5.82 Å². The summed E-state index contributed by atoms with van der Waals surface area (Å²) in [6.07, 6.45) is 3.03. The lowest BCUT2D eigenvalue weighted by Gasteiger charge is -2.34. The van der Waals surface area contributed by atoms with Gasteiger partial charge in [-0.25, -0.2) is 4.98 Å². The maximum Gasteiger partial charge on any atom is 0.240 e. The average Bonchev–Trinajstić information content (AvgIpc) is 3.23. The summed E-state index contributed by atoms with van der Waals surface area (Å²) in [5, 5.41) is 5.37. The van der Waals surface area contributed by atoms with Crippen LogP contribution in [0.15, 0.2) is 28.9 Å². The third-order valence-corrected chi connectivity index (χ3v) is 5.20. The molecule has 0 unspecified atom stereocenters. The minimum Gasteiger partial charge on any atom is -0.373 e. The first-order chi connectivity index (χ1) is 13.5. The minimum absolute atomic E-state index is 0.232. The summed E-state index contributed by atoms with van der Waals surface area (Å²) in [6.45, 7) is 11.9. The molecule has 0 spiro atoms. The van der Waals surface area contributed by atoms with E-state index >= 15 is 0 Å². The molecule has 3 aromatic rings. The van der Waals surface area contributed by atoms with Gasteiger partial charge in [0.1, 0.15) is 5.65 Å². The molecule has 0 saturated carbocycles. The standard InChI is InChI=1S/C21H29N5O2/c1-14(2)18-10-17-6-5-8-22-21(17)26(18)9-7-19-23-20(28-24-19)13-25-11-15(3)27-16(4)12-25/h5-6,8,10,14-16H,7,9,11-13H2,1-4H3/t15-,16-/m1/s1. The highest BCUT2D eigenvalue weighted by molar-refractivity contribution is 5.77. The molecule has 0 amide bonds. The van der Waals surface area contributed by atoms with Gasteiger partial charge in [-0.15, -0.1) is 0 Å². The van der Waals surface area contributed by atoms with Gasteiger partial charge in [0.05, 0.1) is 18.8 Å². The molecule has 7 heteroatoms. The summed E-state index contributed by atoms with van der Waals surface area (Å²) < 4.78 is 13.6. The first-order valence-corrected chi connectivity index (χ1v) is 10.1. The number of morpholine rings is 1. The van der Waals surface area contributed by atoms with Crippen molar-refractivity contribution in [1.82, 2.24) is 24.6 Å². The van der Waals surface area contributed by atoms with Crippen LogP contribution in [0.2, 0.25) is 0 Å². The maximum absolute atomic E-state index is 5.79. The molecule has 150 valence electrons. The van der Waals surface area contributed by atoms with E-state index < -0.39 is 0 Å². The molecule has 1 fully saturated rings. The van der Waals surface area contributed by atoms with Crippen molar-refractivity contribution in [3.05, 3.63) is 41.8 Å². The Morgan fingerprint density at radius 1 is 1.21 bits per heavy atom. The number of nitrogens with zero attached hydrogens (tertiary/aromatic N) is 5. The van der Waals surface area contributed by atoms with Gasteiger partial charge in [-0.05, 0) is 38.0 Å². The summed E-state index contributed by atoms with van der Waals surface area (Å²) >= 11 is 0. The van der Waals surface area contributed by atoms with E-state index in [0.29, 0.717) is 18.4 Å². The molecule has 0 radical (unpaired) electrons. The predicted molar refractivity (Wildman–Crippen MR) is 107 cm³/mol. The maximum atomic E-state index is 5.79. The second kappa shape index (κ2) is 8.01. The summed E-state index contributed by atoms with van der Waals surface area (Å²) in [5.74, 6) is 1.85. The zero-order valence-electron chi connectivity index (χ0n) is 17.1. The number of aryl methyl sites for hydroxylation is 2.